The van der Waals surface area contributed by atoms with Crippen LogP contribution in [0.2, 0.25) is 10.0 Å². The second-order valence-corrected chi connectivity index (χ2v) is 4.80. The van der Waals surface area contributed by atoms with Crippen LogP contribution in [0.25, 0.3) is 0 Å². The maximum absolute atomic E-state index is 11.7. The number of carbonyl (C=O) groups excluding carboxylic acids is 2. The Kier molecular flexibility index (Phi) is 6.78. The third-order valence-electron chi connectivity index (χ3n) is 2.57. The van der Waals surface area contributed by atoms with Gasteiger partial charge in [-0.25, -0.2) is 4.79 Å². The number of esters is 1. The van der Waals surface area contributed by atoms with Gasteiger partial charge in [0.1, 0.15) is 12.6 Å². The van der Waals surface area contributed by atoms with Crippen LogP contribution in [0.15, 0.2) is 18.2 Å². The Morgan fingerprint density at radius 1 is 1.25 bits per heavy atom. The molecule has 0 aliphatic heterocycles. The minimum atomic E-state index is -0.875. The zero-order valence-electron chi connectivity index (χ0n) is 11.1. The number of amides is 1. The van der Waals surface area contributed by atoms with Gasteiger partial charge in [-0.1, -0.05) is 29.3 Å². The highest BCUT2D eigenvalue weighted by Gasteiger charge is 2.24. The number of hydrogen-bond donors (Lipinski definition) is 1. The maximum atomic E-state index is 11.7. The highest BCUT2D eigenvalue weighted by Crippen LogP contribution is 2.25. The molecule has 0 bridgehead atoms. The topological polar surface area (TPSA) is 64.6 Å². The molecule has 0 fully saturated rings. The molecule has 0 saturated carbocycles. The lowest BCUT2D eigenvalue weighted by molar-refractivity contribution is -0.145. The number of nitrogens with one attached hydrogen (secondary N) is 1. The fraction of sp³-hybridized carbons (Fsp3) is 0.385. The second kappa shape index (κ2) is 8.09. The van der Waals surface area contributed by atoms with Crippen molar-refractivity contribution in [3.8, 4) is 0 Å². The Labute approximate surface area is 127 Å². The van der Waals surface area contributed by atoms with Crippen LogP contribution in [0.1, 0.15) is 5.56 Å². The fourth-order valence-electron chi connectivity index (χ4n) is 1.63. The Hall–Kier alpha value is -1.30. The number of halogens is 2. The molecule has 0 heterocycles. The largest absolute Gasteiger partial charge is 0.467 e. The number of ether oxygens (including phenoxy) is 2. The number of rotatable bonds is 6. The van der Waals surface area contributed by atoms with E-state index in [-0.39, 0.29) is 13.0 Å². The number of benzene rings is 1. The van der Waals surface area contributed by atoms with Crippen LogP contribution >= 0.6 is 23.2 Å². The van der Waals surface area contributed by atoms with Gasteiger partial charge >= 0.3 is 5.97 Å². The number of hydrogen-bond acceptors (Lipinski definition) is 4. The predicted octanol–water partition coefficient (Wildman–Crippen LogP) is 1.84. The third kappa shape index (κ3) is 4.67. The van der Waals surface area contributed by atoms with Crippen molar-refractivity contribution in [1.29, 1.82) is 0 Å². The van der Waals surface area contributed by atoms with E-state index in [9.17, 15) is 9.59 Å². The lowest BCUT2D eigenvalue weighted by atomic mass is 10.1. The average molecular weight is 320 g/mol. The van der Waals surface area contributed by atoms with Crippen molar-refractivity contribution < 1.29 is 19.1 Å². The normalized spacial score (nSPS) is 11.8. The Morgan fingerprint density at radius 3 is 2.35 bits per heavy atom. The summed E-state index contributed by atoms with van der Waals surface area (Å²) in [4.78, 5) is 23.2. The van der Waals surface area contributed by atoms with E-state index in [4.69, 9.17) is 27.9 Å². The first-order valence-electron chi connectivity index (χ1n) is 5.78. The van der Waals surface area contributed by atoms with E-state index in [0.29, 0.717) is 15.6 Å². The fourth-order valence-corrected chi connectivity index (χ4v) is 2.19. The van der Waals surface area contributed by atoms with E-state index < -0.39 is 17.9 Å². The molecule has 1 aromatic rings. The summed E-state index contributed by atoms with van der Waals surface area (Å²) in [7, 11) is 2.63. The molecule has 0 aromatic heterocycles. The highest BCUT2D eigenvalue weighted by atomic mass is 35.5. The highest BCUT2D eigenvalue weighted by molar-refractivity contribution is 6.36. The van der Waals surface area contributed by atoms with Crippen molar-refractivity contribution >= 4 is 35.1 Å². The first-order valence-corrected chi connectivity index (χ1v) is 6.54. The van der Waals surface area contributed by atoms with Gasteiger partial charge in [-0.05, 0) is 17.7 Å². The van der Waals surface area contributed by atoms with Crippen molar-refractivity contribution in [2.45, 2.75) is 12.5 Å². The van der Waals surface area contributed by atoms with Crippen LogP contribution in [-0.2, 0) is 25.5 Å². The smallest absolute Gasteiger partial charge is 0.328 e. The standard InChI is InChI=1S/C13H15Cl2NO4/c1-19-7-12(17)16-11(13(18)20-2)6-8-9(14)4-3-5-10(8)15/h3-5,11H,6-7H2,1-2H3,(H,16,17)/t11-/m0/s1. The molecule has 0 unspecified atom stereocenters. The zero-order valence-corrected chi connectivity index (χ0v) is 12.6. The van der Waals surface area contributed by atoms with Gasteiger partial charge < -0.3 is 14.8 Å². The van der Waals surface area contributed by atoms with Gasteiger partial charge in [0.15, 0.2) is 0 Å². The molecule has 1 N–H and O–H groups in total. The van der Waals surface area contributed by atoms with Gasteiger partial charge in [0.2, 0.25) is 5.91 Å². The average Bonchev–Trinajstić information content (AvgIpc) is 2.41. The Bertz CT molecular complexity index is 473. The number of methoxy groups -OCH3 is 2. The van der Waals surface area contributed by atoms with Gasteiger partial charge in [-0.15, -0.1) is 0 Å². The van der Waals surface area contributed by atoms with Crippen LogP contribution in [0.3, 0.4) is 0 Å². The second-order valence-electron chi connectivity index (χ2n) is 3.98. The van der Waals surface area contributed by atoms with Gasteiger partial charge in [0, 0.05) is 23.6 Å². The van der Waals surface area contributed by atoms with Gasteiger partial charge in [0.05, 0.1) is 7.11 Å². The summed E-state index contributed by atoms with van der Waals surface area (Å²) in [5.41, 5.74) is 0.573. The summed E-state index contributed by atoms with van der Waals surface area (Å²) in [5.74, 6) is -1.00. The minimum Gasteiger partial charge on any atom is -0.467 e. The lowest BCUT2D eigenvalue weighted by Gasteiger charge is -2.17. The third-order valence-corrected chi connectivity index (χ3v) is 3.27. The molecule has 7 heteroatoms. The Morgan fingerprint density at radius 2 is 1.85 bits per heavy atom. The Balaban J connectivity index is 2.90. The minimum absolute atomic E-state index is 0.140. The van der Waals surface area contributed by atoms with E-state index in [2.05, 4.69) is 10.1 Å². The van der Waals surface area contributed by atoms with E-state index >= 15 is 0 Å². The number of carbonyl (C=O) groups is 2. The molecule has 5 nitrogen and oxygen atoms in total. The molecule has 110 valence electrons. The first kappa shape index (κ1) is 16.8. The molecule has 20 heavy (non-hydrogen) atoms. The van der Waals surface area contributed by atoms with Crippen molar-refractivity contribution in [3.63, 3.8) is 0 Å². The summed E-state index contributed by atoms with van der Waals surface area (Å²) in [6.07, 6.45) is 0.140. The van der Waals surface area contributed by atoms with Crippen molar-refractivity contribution in [2.75, 3.05) is 20.8 Å². The van der Waals surface area contributed by atoms with E-state index in [1.807, 2.05) is 0 Å². The van der Waals surface area contributed by atoms with Gasteiger partial charge in [0.25, 0.3) is 0 Å². The van der Waals surface area contributed by atoms with Gasteiger partial charge in [-0.3, -0.25) is 4.79 Å². The summed E-state index contributed by atoms with van der Waals surface area (Å²) in [5, 5.41) is 3.36. The summed E-state index contributed by atoms with van der Waals surface area (Å²) in [6.45, 7) is -0.149. The summed E-state index contributed by atoms with van der Waals surface area (Å²) >= 11 is 12.1. The van der Waals surface area contributed by atoms with Crippen LogP contribution in [0.4, 0.5) is 0 Å². The van der Waals surface area contributed by atoms with E-state index in [1.165, 1.54) is 14.2 Å². The molecule has 1 aromatic carbocycles. The van der Waals surface area contributed by atoms with E-state index in [0.717, 1.165) is 0 Å². The molecule has 1 rings (SSSR count). The van der Waals surface area contributed by atoms with E-state index in [1.54, 1.807) is 18.2 Å². The predicted molar refractivity (Wildman–Crippen MR) is 76.0 cm³/mol. The molecule has 1 atom stereocenters. The van der Waals surface area contributed by atoms with Crippen molar-refractivity contribution in [1.82, 2.24) is 5.32 Å². The maximum Gasteiger partial charge on any atom is 0.328 e. The molecule has 0 aliphatic rings. The van der Waals surface area contributed by atoms with Crippen molar-refractivity contribution in [2.24, 2.45) is 0 Å². The molecular weight excluding hydrogens is 305 g/mol. The molecule has 1 amide bonds. The van der Waals surface area contributed by atoms with Crippen LogP contribution in [0, 0.1) is 0 Å². The lowest BCUT2D eigenvalue weighted by Crippen LogP contribution is -2.44. The summed E-state index contributed by atoms with van der Waals surface area (Å²) < 4.78 is 9.36. The molecule has 0 radical (unpaired) electrons. The first-order chi connectivity index (χ1) is 9.49. The van der Waals surface area contributed by atoms with Gasteiger partial charge in [-0.2, -0.15) is 0 Å². The zero-order chi connectivity index (χ0) is 15.1. The summed E-state index contributed by atoms with van der Waals surface area (Å²) in [6, 6.07) is 4.15. The molecule has 0 aliphatic carbocycles. The van der Waals surface area contributed by atoms with Crippen LogP contribution < -0.4 is 5.32 Å². The molecular formula is C13H15Cl2NO4. The quantitative estimate of drug-likeness (QED) is 0.813. The molecule has 0 spiro atoms. The molecule has 0 saturated heterocycles. The SMILES string of the molecule is COCC(=O)N[C@@H](Cc1c(Cl)cccc1Cl)C(=O)OC. The monoisotopic (exact) mass is 319 g/mol. The van der Waals surface area contributed by atoms with Crippen LogP contribution in [-0.4, -0.2) is 38.7 Å². The van der Waals surface area contributed by atoms with Crippen molar-refractivity contribution in [3.05, 3.63) is 33.8 Å². The van der Waals surface area contributed by atoms with Crippen LogP contribution in [0.5, 0.6) is 0 Å².